The Balaban J connectivity index is 2.68. The van der Waals surface area contributed by atoms with Gasteiger partial charge < -0.3 is 15.2 Å². The van der Waals surface area contributed by atoms with Gasteiger partial charge in [-0.2, -0.15) is 0 Å². The van der Waals surface area contributed by atoms with Crippen LogP contribution in [0.4, 0.5) is 0 Å². The normalized spacial score (nSPS) is 10.1. The third-order valence-electron chi connectivity index (χ3n) is 1.90. The maximum absolute atomic E-state index is 9.60. The maximum atomic E-state index is 9.60. The van der Waals surface area contributed by atoms with Crippen molar-refractivity contribution in [2.45, 2.75) is 19.9 Å². The van der Waals surface area contributed by atoms with Gasteiger partial charge in [0.2, 0.25) is 0 Å². The van der Waals surface area contributed by atoms with E-state index >= 15 is 0 Å². The summed E-state index contributed by atoms with van der Waals surface area (Å²) in [5.41, 5.74) is 0.886. The van der Waals surface area contributed by atoms with Crippen LogP contribution < -0.4 is 10.1 Å². The van der Waals surface area contributed by atoms with Crippen LogP contribution in [0.3, 0.4) is 0 Å². The van der Waals surface area contributed by atoms with Crippen molar-refractivity contribution in [1.29, 1.82) is 0 Å². The number of phenolic OH excluding ortho intramolecular Hbond substituents is 1. The quantitative estimate of drug-likeness (QED) is 0.754. The Morgan fingerprint density at radius 3 is 2.79 bits per heavy atom. The van der Waals surface area contributed by atoms with Gasteiger partial charge in [0.1, 0.15) is 11.5 Å². The Morgan fingerprint density at radius 2 is 2.21 bits per heavy atom. The summed E-state index contributed by atoms with van der Waals surface area (Å²) in [5.74, 6) is 1.01. The van der Waals surface area contributed by atoms with Gasteiger partial charge in [-0.05, 0) is 19.5 Å². The van der Waals surface area contributed by atoms with E-state index in [2.05, 4.69) is 12.2 Å². The number of ether oxygens (including phenoxy) is 1. The molecule has 1 rings (SSSR count). The molecule has 0 radical (unpaired) electrons. The van der Waals surface area contributed by atoms with Crippen molar-refractivity contribution in [2.24, 2.45) is 0 Å². The van der Waals surface area contributed by atoms with Crippen molar-refractivity contribution in [1.82, 2.24) is 5.32 Å². The molecule has 0 aliphatic rings. The number of hydrogen-bond donors (Lipinski definition) is 2. The number of hydrogen-bond acceptors (Lipinski definition) is 3. The lowest BCUT2D eigenvalue weighted by molar-refractivity contribution is 0.315. The molecule has 0 heterocycles. The lowest BCUT2D eigenvalue weighted by Gasteiger charge is -2.07. The van der Waals surface area contributed by atoms with Crippen LogP contribution in [0.2, 0.25) is 0 Å². The van der Waals surface area contributed by atoms with Crippen LogP contribution in [-0.4, -0.2) is 18.8 Å². The van der Waals surface area contributed by atoms with Gasteiger partial charge in [0.05, 0.1) is 6.61 Å². The van der Waals surface area contributed by atoms with Crippen molar-refractivity contribution in [3.8, 4) is 11.5 Å². The fourth-order valence-electron chi connectivity index (χ4n) is 1.19. The molecule has 0 atom stereocenters. The van der Waals surface area contributed by atoms with Gasteiger partial charge >= 0.3 is 0 Å². The van der Waals surface area contributed by atoms with Crippen LogP contribution in [0, 0.1) is 0 Å². The standard InChI is InChI=1S/C11H17NO2/c1-3-6-14-10-5-4-9(8-12-2)11(13)7-10/h4-5,7,12-13H,3,6,8H2,1-2H3. The van der Waals surface area contributed by atoms with Crippen LogP contribution in [-0.2, 0) is 6.54 Å². The van der Waals surface area contributed by atoms with Gasteiger partial charge in [-0.15, -0.1) is 0 Å². The average molecular weight is 195 g/mol. The van der Waals surface area contributed by atoms with E-state index in [1.807, 2.05) is 19.2 Å². The topological polar surface area (TPSA) is 41.5 Å². The molecule has 3 nitrogen and oxygen atoms in total. The van der Waals surface area contributed by atoms with Crippen LogP contribution in [0.25, 0.3) is 0 Å². The molecule has 0 bridgehead atoms. The number of phenols is 1. The summed E-state index contributed by atoms with van der Waals surface area (Å²) in [6.07, 6.45) is 0.971. The lowest BCUT2D eigenvalue weighted by Crippen LogP contribution is -2.05. The second-order valence-corrected chi connectivity index (χ2v) is 3.17. The molecule has 78 valence electrons. The maximum Gasteiger partial charge on any atom is 0.123 e. The number of rotatable bonds is 5. The molecule has 0 saturated carbocycles. The lowest BCUT2D eigenvalue weighted by atomic mass is 10.2. The first-order chi connectivity index (χ1) is 6.77. The Labute approximate surface area is 84.7 Å². The van der Waals surface area contributed by atoms with Gasteiger partial charge in [0, 0.05) is 18.2 Å². The SMILES string of the molecule is CCCOc1ccc(CNC)c(O)c1. The van der Waals surface area contributed by atoms with Gasteiger partial charge in [-0.3, -0.25) is 0 Å². The molecule has 1 aromatic rings. The molecule has 0 unspecified atom stereocenters. The fourth-order valence-corrected chi connectivity index (χ4v) is 1.19. The first-order valence-corrected chi connectivity index (χ1v) is 4.87. The highest BCUT2D eigenvalue weighted by Crippen LogP contribution is 2.23. The Hall–Kier alpha value is -1.22. The highest BCUT2D eigenvalue weighted by atomic mass is 16.5. The minimum Gasteiger partial charge on any atom is -0.507 e. The summed E-state index contributed by atoms with van der Waals surface area (Å²) >= 11 is 0. The predicted octanol–water partition coefficient (Wildman–Crippen LogP) is 1.90. The van der Waals surface area contributed by atoms with E-state index in [1.54, 1.807) is 6.07 Å². The fraction of sp³-hybridized carbons (Fsp3) is 0.455. The van der Waals surface area contributed by atoms with Crippen molar-refractivity contribution in [3.05, 3.63) is 23.8 Å². The molecular formula is C11H17NO2. The third-order valence-corrected chi connectivity index (χ3v) is 1.90. The summed E-state index contributed by atoms with van der Waals surface area (Å²) in [6, 6.07) is 5.40. The highest BCUT2D eigenvalue weighted by molar-refractivity contribution is 5.39. The predicted molar refractivity (Wildman–Crippen MR) is 56.7 cm³/mol. The number of benzene rings is 1. The van der Waals surface area contributed by atoms with Crippen molar-refractivity contribution < 1.29 is 9.84 Å². The molecule has 0 aliphatic carbocycles. The van der Waals surface area contributed by atoms with Gasteiger partial charge in [-0.25, -0.2) is 0 Å². The molecule has 0 spiro atoms. The average Bonchev–Trinajstić information content (AvgIpc) is 2.19. The second-order valence-electron chi connectivity index (χ2n) is 3.17. The third kappa shape index (κ3) is 2.92. The van der Waals surface area contributed by atoms with Gasteiger partial charge in [-0.1, -0.05) is 13.0 Å². The van der Waals surface area contributed by atoms with Crippen molar-refractivity contribution in [2.75, 3.05) is 13.7 Å². The molecule has 0 fully saturated rings. The molecule has 3 heteroatoms. The van der Waals surface area contributed by atoms with E-state index < -0.39 is 0 Å². The first-order valence-electron chi connectivity index (χ1n) is 4.87. The molecule has 0 saturated heterocycles. The zero-order valence-corrected chi connectivity index (χ0v) is 8.71. The molecule has 14 heavy (non-hydrogen) atoms. The zero-order chi connectivity index (χ0) is 10.4. The summed E-state index contributed by atoms with van der Waals surface area (Å²) in [6.45, 7) is 3.40. The Bertz CT molecular complexity index is 287. The van der Waals surface area contributed by atoms with E-state index in [-0.39, 0.29) is 5.75 Å². The number of aromatic hydroxyl groups is 1. The van der Waals surface area contributed by atoms with E-state index in [9.17, 15) is 5.11 Å². The van der Waals surface area contributed by atoms with E-state index in [4.69, 9.17) is 4.74 Å². The highest BCUT2D eigenvalue weighted by Gasteiger charge is 2.01. The van der Waals surface area contributed by atoms with Crippen LogP contribution >= 0.6 is 0 Å². The molecule has 2 N–H and O–H groups in total. The van der Waals surface area contributed by atoms with E-state index in [0.717, 1.165) is 17.7 Å². The van der Waals surface area contributed by atoms with E-state index in [1.165, 1.54) is 0 Å². The minimum atomic E-state index is 0.285. The monoisotopic (exact) mass is 195 g/mol. The van der Waals surface area contributed by atoms with Crippen LogP contribution in [0.5, 0.6) is 11.5 Å². The summed E-state index contributed by atoms with van der Waals surface area (Å²) in [7, 11) is 1.85. The molecule has 0 aliphatic heterocycles. The smallest absolute Gasteiger partial charge is 0.123 e. The summed E-state index contributed by atoms with van der Waals surface area (Å²) in [5, 5.41) is 12.6. The molecule has 0 aromatic heterocycles. The van der Waals surface area contributed by atoms with Crippen molar-refractivity contribution in [3.63, 3.8) is 0 Å². The second kappa shape index (κ2) is 5.50. The molecule has 0 amide bonds. The largest absolute Gasteiger partial charge is 0.507 e. The first kappa shape index (κ1) is 10.9. The summed E-state index contributed by atoms with van der Waals surface area (Å²) in [4.78, 5) is 0. The molecular weight excluding hydrogens is 178 g/mol. The van der Waals surface area contributed by atoms with E-state index in [0.29, 0.717) is 13.2 Å². The van der Waals surface area contributed by atoms with Crippen LogP contribution in [0.15, 0.2) is 18.2 Å². The Kier molecular flexibility index (Phi) is 4.26. The summed E-state index contributed by atoms with van der Waals surface area (Å²) < 4.78 is 5.39. The van der Waals surface area contributed by atoms with Crippen molar-refractivity contribution >= 4 is 0 Å². The zero-order valence-electron chi connectivity index (χ0n) is 8.71. The molecule has 1 aromatic carbocycles. The Morgan fingerprint density at radius 1 is 1.43 bits per heavy atom. The van der Waals surface area contributed by atoms with Crippen LogP contribution in [0.1, 0.15) is 18.9 Å². The number of nitrogens with one attached hydrogen (secondary N) is 1. The minimum absolute atomic E-state index is 0.285. The van der Waals surface area contributed by atoms with Gasteiger partial charge in [0.15, 0.2) is 0 Å². The van der Waals surface area contributed by atoms with Gasteiger partial charge in [0.25, 0.3) is 0 Å².